The Morgan fingerprint density at radius 1 is 0.900 bits per heavy atom. The van der Waals surface area contributed by atoms with Gasteiger partial charge in [0, 0.05) is 6.04 Å². The number of rotatable bonds is 2. The van der Waals surface area contributed by atoms with Crippen molar-refractivity contribution < 1.29 is 31.1 Å². The Labute approximate surface area is 110 Å². The van der Waals surface area contributed by atoms with Gasteiger partial charge in [0.1, 0.15) is 11.9 Å². The number of hydrogen-bond donors (Lipinski definition) is 1. The molecule has 1 saturated carbocycles. The largest absolute Gasteiger partial charge is 0.490 e. The fraction of sp³-hybridized carbons (Fsp3) is 0.500. The van der Waals surface area contributed by atoms with Gasteiger partial charge >= 0.3 is 12.4 Å². The van der Waals surface area contributed by atoms with E-state index in [-0.39, 0.29) is 12.1 Å². The molecule has 2 rings (SSSR count). The lowest BCUT2D eigenvalue weighted by Crippen LogP contribution is -2.43. The summed E-state index contributed by atoms with van der Waals surface area (Å²) in [6, 6.07) is 1.09. The summed E-state index contributed by atoms with van der Waals surface area (Å²) in [5.74, 6) is -0.441. The van der Waals surface area contributed by atoms with Crippen LogP contribution in [0.2, 0.25) is 0 Å². The summed E-state index contributed by atoms with van der Waals surface area (Å²) in [6.07, 6.45) is -9.34. The first kappa shape index (κ1) is 15.0. The molecule has 1 aliphatic rings. The Kier molecular flexibility index (Phi) is 3.62. The Morgan fingerprint density at radius 3 is 1.70 bits per heavy atom. The second-order valence-electron chi connectivity index (χ2n) is 4.71. The molecule has 1 aliphatic carbocycles. The van der Waals surface area contributed by atoms with E-state index >= 15 is 0 Å². The molecular formula is C12H11F6NO. The fourth-order valence-corrected chi connectivity index (χ4v) is 1.89. The van der Waals surface area contributed by atoms with E-state index in [1.54, 1.807) is 0 Å². The first-order chi connectivity index (χ1) is 9.05. The number of halogens is 6. The zero-order chi connectivity index (χ0) is 15.1. The molecule has 20 heavy (non-hydrogen) atoms. The molecule has 2 N–H and O–H groups in total. The highest BCUT2D eigenvalue weighted by atomic mass is 19.4. The van der Waals surface area contributed by atoms with Crippen LogP contribution in [0.4, 0.5) is 26.3 Å². The lowest BCUT2D eigenvalue weighted by Gasteiger charge is -2.32. The van der Waals surface area contributed by atoms with Crippen LogP contribution in [0, 0.1) is 0 Å². The second kappa shape index (κ2) is 4.83. The van der Waals surface area contributed by atoms with Crippen LogP contribution in [-0.4, -0.2) is 12.1 Å². The molecule has 0 heterocycles. The highest BCUT2D eigenvalue weighted by Gasteiger charge is 2.38. The third-order valence-corrected chi connectivity index (χ3v) is 3.00. The molecule has 1 aromatic rings. The minimum Gasteiger partial charge on any atom is -0.490 e. The number of nitrogens with two attached hydrogens (primary N) is 1. The lowest BCUT2D eigenvalue weighted by molar-refractivity contribution is -0.143. The smallest absolute Gasteiger partial charge is 0.416 e. The van der Waals surface area contributed by atoms with Gasteiger partial charge in [-0.25, -0.2) is 0 Å². The summed E-state index contributed by atoms with van der Waals surface area (Å²) in [7, 11) is 0. The predicted molar refractivity (Wildman–Crippen MR) is 58.1 cm³/mol. The van der Waals surface area contributed by atoms with Gasteiger partial charge in [-0.2, -0.15) is 26.3 Å². The van der Waals surface area contributed by atoms with E-state index in [1.807, 2.05) is 0 Å². The molecule has 0 amide bonds. The van der Waals surface area contributed by atoms with Crippen molar-refractivity contribution in [1.82, 2.24) is 0 Å². The average molecular weight is 299 g/mol. The van der Waals surface area contributed by atoms with Crippen LogP contribution in [0.25, 0.3) is 0 Å². The monoisotopic (exact) mass is 299 g/mol. The summed E-state index contributed by atoms with van der Waals surface area (Å²) >= 11 is 0. The standard InChI is InChI=1S/C12H11F6NO/c13-11(14,15)6-1-7(12(16,17)18)3-9(2-6)20-10-4-8(19)5-10/h1-3,8,10H,4-5,19H2. The van der Waals surface area contributed by atoms with Gasteiger partial charge in [0.2, 0.25) is 0 Å². The molecule has 0 atom stereocenters. The molecule has 0 bridgehead atoms. The SMILES string of the molecule is NC1CC(Oc2cc(C(F)(F)F)cc(C(F)(F)F)c2)C1. The summed E-state index contributed by atoms with van der Waals surface area (Å²) < 4.78 is 80.6. The van der Waals surface area contributed by atoms with Crippen LogP contribution in [0.5, 0.6) is 5.75 Å². The van der Waals surface area contributed by atoms with Gasteiger partial charge in [-0.1, -0.05) is 0 Å². The number of hydrogen-bond acceptors (Lipinski definition) is 2. The van der Waals surface area contributed by atoms with E-state index in [9.17, 15) is 26.3 Å². The average Bonchev–Trinajstić information content (AvgIpc) is 2.24. The zero-order valence-corrected chi connectivity index (χ0v) is 10.1. The van der Waals surface area contributed by atoms with Crippen LogP contribution in [0.1, 0.15) is 24.0 Å². The first-order valence-electron chi connectivity index (χ1n) is 5.77. The quantitative estimate of drug-likeness (QED) is 0.847. The molecular weight excluding hydrogens is 288 g/mol. The molecule has 0 saturated heterocycles. The highest BCUT2D eigenvalue weighted by molar-refractivity contribution is 5.37. The van der Waals surface area contributed by atoms with Crippen LogP contribution in [0.3, 0.4) is 0 Å². The van der Waals surface area contributed by atoms with Gasteiger partial charge in [-0.05, 0) is 31.0 Å². The molecule has 1 fully saturated rings. The van der Waals surface area contributed by atoms with Crippen molar-refractivity contribution in [2.24, 2.45) is 5.73 Å². The van der Waals surface area contributed by atoms with Crippen molar-refractivity contribution in [3.63, 3.8) is 0 Å². The molecule has 0 aliphatic heterocycles. The Bertz CT molecular complexity index is 457. The third kappa shape index (κ3) is 3.36. The maximum absolute atomic E-state index is 12.6. The lowest BCUT2D eigenvalue weighted by atomic mass is 9.90. The van der Waals surface area contributed by atoms with Crippen molar-refractivity contribution in [2.75, 3.05) is 0 Å². The van der Waals surface area contributed by atoms with Crippen molar-refractivity contribution in [2.45, 2.75) is 37.3 Å². The summed E-state index contributed by atoms with van der Waals surface area (Å²) in [4.78, 5) is 0. The number of ether oxygens (including phenoxy) is 1. The van der Waals surface area contributed by atoms with Crippen molar-refractivity contribution in [3.05, 3.63) is 29.3 Å². The second-order valence-corrected chi connectivity index (χ2v) is 4.71. The van der Waals surface area contributed by atoms with E-state index in [4.69, 9.17) is 10.5 Å². The third-order valence-electron chi connectivity index (χ3n) is 3.00. The van der Waals surface area contributed by atoms with Crippen LogP contribution < -0.4 is 10.5 Å². The minimum absolute atomic E-state index is 0.0688. The van der Waals surface area contributed by atoms with Gasteiger partial charge in [-0.3, -0.25) is 0 Å². The van der Waals surface area contributed by atoms with E-state index in [1.165, 1.54) is 0 Å². The zero-order valence-electron chi connectivity index (χ0n) is 10.1. The van der Waals surface area contributed by atoms with Crippen LogP contribution in [-0.2, 0) is 12.4 Å². The van der Waals surface area contributed by atoms with E-state index < -0.39 is 35.3 Å². The van der Waals surface area contributed by atoms with Gasteiger partial charge in [0.05, 0.1) is 11.1 Å². The minimum atomic E-state index is -4.87. The van der Waals surface area contributed by atoms with Gasteiger partial charge in [0.15, 0.2) is 0 Å². The van der Waals surface area contributed by atoms with Gasteiger partial charge < -0.3 is 10.5 Å². The Morgan fingerprint density at radius 2 is 1.35 bits per heavy atom. The van der Waals surface area contributed by atoms with Crippen molar-refractivity contribution in [3.8, 4) is 5.75 Å². The first-order valence-corrected chi connectivity index (χ1v) is 5.77. The predicted octanol–water partition coefficient (Wildman–Crippen LogP) is 3.59. The molecule has 0 spiro atoms. The molecule has 2 nitrogen and oxygen atoms in total. The Hall–Kier alpha value is -1.44. The van der Waals surface area contributed by atoms with E-state index in [2.05, 4.69) is 0 Å². The van der Waals surface area contributed by atoms with Crippen LogP contribution >= 0.6 is 0 Å². The molecule has 112 valence electrons. The maximum atomic E-state index is 12.6. The van der Waals surface area contributed by atoms with Crippen molar-refractivity contribution >= 4 is 0 Å². The van der Waals surface area contributed by atoms with Crippen LogP contribution in [0.15, 0.2) is 18.2 Å². The normalized spacial score (nSPS) is 23.4. The summed E-state index contributed by atoms with van der Waals surface area (Å²) in [5, 5.41) is 0. The Balaban J connectivity index is 2.31. The van der Waals surface area contributed by atoms with E-state index in [0.29, 0.717) is 25.0 Å². The fourth-order valence-electron chi connectivity index (χ4n) is 1.89. The molecule has 0 unspecified atom stereocenters. The molecule has 0 radical (unpaired) electrons. The van der Waals surface area contributed by atoms with Gasteiger partial charge in [0.25, 0.3) is 0 Å². The maximum Gasteiger partial charge on any atom is 0.416 e. The van der Waals surface area contributed by atoms with Crippen molar-refractivity contribution in [1.29, 1.82) is 0 Å². The molecule has 8 heteroatoms. The summed E-state index contributed by atoms with van der Waals surface area (Å²) in [5.41, 5.74) is 2.71. The summed E-state index contributed by atoms with van der Waals surface area (Å²) in [6.45, 7) is 0. The molecule has 1 aromatic carbocycles. The number of benzene rings is 1. The topological polar surface area (TPSA) is 35.2 Å². The molecule has 0 aromatic heterocycles. The van der Waals surface area contributed by atoms with Gasteiger partial charge in [-0.15, -0.1) is 0 Å². The highest BCUT2D eigenvalue weighted by Crippen LogP contribution is 2.39. The number of alkyl halides is 6. The van der Waals surface area contributed by atoms with E-state index in [0.717, 1.165) is 0 Å².